The van der Waals surface area contributed by atoms with Crippen LogP contribution in [0.4, 0.5) is 0 Å². The molecule has 1 fully saturated rings. The maximum atomic E-state index is 9.72. The van der Waals surface area contributed by atoms with Gasteiger partial charge in [0.05, 0.1) is 6.61 Å². The van der Waals surface area contributed by atoms with Gasteiger partial charge in [0.15, 0.2) is 0 Å². The number of hydrogen-bond donors (Lipinski definition) is 2. The van der Waals surface area contributed by atoms with Gasteiger partial charge in [-0.1, -0.05) is 43.5 Å². The van der Waals surface area contributed by atoms with Crippen LogP contribution in [0.1, 0.15) is 43.2 Å². The molecule has 2 N–H and O–H groups in total. The highest BCUT2D eigenvalue weighted by Gasteiger charge is 2.30. The van der Waals surface area contributed by atoms with Gasteiger partial charge < -0.3 is 15.2 Å². The molecule has 3 nitrogen and oxygen atoms in total. The van der Waals surface area contributed by atoms with Crippen molar-refractivity contribution in [1.29, 1.82) is 0 Å². The van der Waals surface area contributed by atoms with E-state index in [0.29, 0.717) is 13.2 Å². The van der Waals surface area contributed by atoms with E-state index in [1.165, 1.54) is 30.4 Å². The Balaban J connectivity index is 1.88. The molecule has 1 saturated carbocycles. The van der Waals surface area contributed by atoms with E-state index in [0.717, 1.165) is 25.9 Å². The zero-order valence-corrected chi connectivity index (χ0v) is 12.5. The molecule has 3 heteroatoms. The monoisotopic (exact) mass is 277 g/mol. The number of methoxy groups -OCH3 is 1. The first kappa shape index (κ1) is 15.5. The lowest BCUT2D eigenvalue weighted by Crippen LogP contribution is -2.38. The Morgan fingerprint density at radius 1 is 1.15 bits per heavy atom. The summed E-state index contributed by atoms with van der Waals surface area (Å²) in [6.07, 6.45) is 6.12. The zero-order chi connectivity index (χ0) is 14.3. The molecule has 1 aromatic rings. The fourth-order valence-corrected chi connectivity index (χ4v) is 3.18. The quantitative estimate of drug-likeness (QED) is 0.805. The van der Waals surface area contributed by atoms with Crippen molar-refractivity contribution in [2.45, 2.75) is 45.3 Å². The summed E-state index contributed by atoms with van der Waals surface area (Å²) in [5.74, 6) is 0. The molecule has 1 aromatic carbocycles. The summed E-state index contributed by atoms with van der Waals surface area (Å²) in [5, 5.41) is 13.3. The smallest absolute Gasteiger partial charge is 0.0716 e. The molecule has 0 amide bonds. The van der Waals surface area contributed by atoms with Gasteiger partial charge in [0.25, 0.3) is 0 Å². The fraction of sp³-hybridized carbons (Fsp3) is 0.647. The minimum atomic E-state index is 0.106. The van der Waals surface area contributed by atoms with Crippen LogP contribution in [0.2, 0.25) is 0 Å². The van der Waals surface area contributed by atoms with E-state index in [9.17, 15) is 5.11 Å². The van der Waals surface area contributed by atoms with Crippen LogP contribution in [0.5, 0.6) is 0 Å². The van der Waals surface area contributed by atoms with Gasteiger partial charge >= 0.3 is 0 Å². The van der Waals surface area contributed by atoms with Gasteiger partial charge in [-0.25, -0.2) is 0 Å². The van der Waals surface area contributed by atoms with Gasteiger partial charge in [-0.2, -0.15) is 0 Å². The van der Waals surface area contributed by atoms with Crippen molar-refractivity contribution in [3.63, 3.8) is 0 Å². The first-order chi connectivity index (χ1) is 9.79. The van der Waals surface area contributed by atoms with E-state index in [4.69, 9.17) is 4.74 Å². The minimum Gasteiger partial charge on any atom is -0.396 e. The molecule has 2 rings (SSSR count). The van der Waals surface area contributed by atoms with E-state index in [1.54, 1.807) is 7.11 Å². The zero-order valence-electron chi connectivity index (χ0n) is 12.5. The van der Waals surface area contributed by atoms with E-state index in [1.807, 2.05) is 6.07 Å². The van der Waals surface area contributed by atoms with E-state index in [-0.39, 0.29) is 5.41 Å². The molecule has 0 spiro atoms. The third-order valence-corrected chi connectivity index (χ3v) is 4.48. The Labute approximate surface area is 122 Å². The van der Waals surface area contributed by atoms with Gasteiger partial charge in [-0.05, 0) is 24.0 Å². The Hall–Kier alpha value is -0.900. The number of rotatable bonds is 7. The third kappa shape index (κ3) is 4.05. The lowest BCUT2D eigenvalue weighted by atomic mass is 9.74. The molecule has 0 aliphatic heterocycles. The van der Waals surface area contributed by atoms with Crippen LogP contribution in [0.25, 0.3) is 0 Å². The summed E-state index contributed by atoms with van der Waals surface area (Å²) < 4.78 is 5.24. The largest absolute Gasteiger partial charge is 0.396 e. The number of aliphatic hydroxyl groups is 1. The van der Waals surface area contributed by atoms with Crippen molar-refractivity contribution < 1.29 is 9.84 Å². The molecule has 0 unspecified atom stereocenters. The number of benzene rings is 1. The van der Waals surface area contributed by atoms with Gasteiger partial charge in [0, 0.05) is 32.2 Å². The van der Waals surface area contributed by atoms with Crippen LogP contribution < -0.4 is 5.32 Å². The highest BCUT2D eigenvalue weighted by molar-refractivity contribution is 5.26. The first-order valence-electron chi connectivity index (χ1n) is 7.67. The summed E-state index contributed by atoms with van der Waals surface area (Å²) in [4.78, 5) is 0. The summed E-state index contributed by atoms with van der Waals surface area (Å²) >= 11 is 0. The number of ether oxygens (including phenoxy) is 1. The van der Waals surface area contributed by atoms with Gasteiger partial charge in [-0.15, -0.1) is 0 Å². The standard InChI is InChI=1S/C17H27NO2/c1-20-12-16-8-4-3-7-15(16)11-18-13-17(14-19)9-5-2-6-10-17/h3-4,7-8,18-19H,2,5-6,9-14H2,1H3. The Morgan fingerprint density at radius 2 is 1.85 bits per heavy atom. The summed E-state index contributed by atoms with van der Waals surface area (Å²) in [5.41, 5.74) is 2.64. The molecule has 0 heterocycles. The summed E-state index contributed by atoms with van der Waals surface area (Å²) in [7, 11) is 1.73. The Bertz CT molecular complexity index is 400. The molecule has 20 heavy (non-hydrogen) atoms. The van der Waals surface area contributed by atoms with E-state index >= 15 is 0 Å². The molecule has 0 atom stereocenters. The number of nitrogens with one attached hydrogen (secondary N) is 1. The Kier molecular flexibility index (Phi) is 6.02. The number of aliphatic hydroxyl groups excluding tert-OH is 1. The predicted octanol–water partition coefficient (Wildman–Crippen LogP) is 2.87. The van der Waals surface area contributed by atoms with Crippen LogP contribution in [0.3, 0.4) is 0 Å². The minimum absolute atomic E-state index is 0.106. The van der Waals surface area contributed by atoms with Crippen molar-refractivity contribution in [2.75, 3.05) is 20.3 Å². The van der Waals surface area contributed by atoms with Crippen molar-refractivity contribution >= 4 is 0 Å². The molecule has 112 valence electrons. The molecule has 1 aliphatic rings. The SMILES string of the molecule is COCc1ccccc1CNCC1(CO)CCCCC1. The van der Waals surface area contributed by atoms with Crippen molar-refractivity contribution in [3.8, 4) is 0 Å². The van der Waals surface area contributed by atoms with Crippen LogP contribution in [-0.2, 0) is 17.9 Å². The van der Waals surface area contributed by atoms with Gasteiger partial charge in [0.2, 0.25) is 0 Å². The second-order valence-corrected chi connectivity index (χ2v) is 6.02. The summed E-state index contributed by atoms with van der Waals surface area (Å²) in [6.45, 7) is 2.72. The maximum Gasteiger partial charge on any atom is 0.0716 e. The first-order valence-corrected chi connectivity index (χ1v) is 7.67. The number of hydrogen-bond acceptors (Lipinski definition) is 3. The topological polar surface area (TPSA) is 41.5 Å². The molecule has 0 bridgehead atoms. The average Bonchev–Trinajstić information content (AvgIpc) is 2.50. The fourth-order valence-electron chi connectivity index (χ4n) is 3.18. The third-order valence-electron chi connectivity index (χ3n) is 4.48. The molecule has 0 aromatic heterocycles. The van der Waals surface area contributed by atoms with E-state index in [2.05, 4.69) is 23.5 Å². The summed E-state index contributed by atoms with van der Waals surface area (Å²) in [6, 6.07) is 8.38. The predicted molar refractivity (Wildman–Crippen MR) is 81.5 cm³/mol. The average molecular weight is 277 g/mol. The second-order valence-electron chi connectivity index (χ2n) is 6.02. The normalized spacial score (nSPS) is 18.1. The molecule has 0 radical (unpaired) electrons. The van der Waals surface area contributed by atoms with Crippen LogP contribution >= 0.6 is 0 Å². The van der Waals surface area contributed by atoms with Gasteiger partial charge in [0.1, 0.15) is 0 Å². The van der Waals surface area contributed by atoms with E-state index < -0.39 is 0 Å². The van der Waals surface area contributed by atoms with Crippen LogP contribution in [0.15, 0.2) is 24.3 Å². The van der Waals surface area contributed by atoms with Crippen molar-refractivity contribution in [2.24, 2.45) is 5.41 Å². The molecular formula is C17H27NO2. The molecular weight excluding hydrogens is 250 g/mol. The second kappa shape index (κ2) is 7.77. The molecule has 1 aliphatic carbocycles. The lowest BCUT2D eigenvalue weighted by molar-refractivity contribution is 0.0810. The Morgan fingerprint density at radius 3 is 2.50 bits per heavy atom. The molecule has 0 saturated heterocycles. The lowest BCUT2D eigenvalue weighted by Gasteiger charge is -2.36. The highest BCUT2D eigenvalue weighted by Crippen LogP contribution is 2.35. The van der Waals surface area contributed by atoms with Crippen molar-refractivity contribution in [1.82, 2.24) is 5.32 Å². The maximum absolute atomic E-state index is 9.72. The van der Waals surface area contributed by atoms with Gasteiger partial charge in [-0.3, -0.25) is 0 Å². The van der Waals surface area contributed by atoms with Crippen LogP contribution in [-0.4, -0.2) is 25.4 Å². The van der Waals surface area contributed by atoms with Crippen molar-refractivity contribution in [3.05, 3.63) is 35.4 Å². The van der Waals surface area contributed by atoms with Crippen LogP contribution in [0, 0.1) is 5.41 Å². The highest BCUT2D eigenvalue weighted by atomic mass is 16.5.